The van der Waals surface area contributed by atoms with E-state index < -0.39 is 11.9 Å². The minimum absolute atomic E-state index is 0.343. The van der Waals surface area contributed by atoms with Crippen LogP contribution in [0.1, 0.15) is 136 Å². The Morgan fingerprint density at radius 1 is 0.552 bits per heavy atom. The average molecular weight is 413 g/mol. The van der Waals surface area contributed by atoms with Crippen LogP contribution in [0.5, 0.6) is 0 Å². The van der Waals surface area contributed by atoms with E-state index in [-0.39, 0.29) is 0 Å². The zero-order chi connectivity index (χ0) is 22.2. The van der Waals surface area contributed by atoms with Crippen molar-refractivity contribution in [2.45, 2.75) is 136 Å². The van der Waals surface area contributed by atoms with Gasteiger partial charge >= 0.3 is 11.9 Å². The minimum atomic E-state index is -0.849. The zero-order valence-corrected chi connectivity index (χ0v) is 19.4. The number of rotatable bonds is 20. The largest absolute Gasteiger partial charge is 0.481 e. The normalized spacial score (nSPS) is 10.3. The molecule has 0 aliphatic carbocycles. The van der Waals surface area contributed by atoms with Gasteiger partial charge in [-0.15, -0.1) is 0 Å². The molecule has 0 saturated heterocycles. The van der Waals surface area contributed by atoms with Crippen molar-refractivity contribution in [3.05, 3.63) is 12.2 Å². The average Bonchev–Trinajstić information content (AvgIpc) is 2.68. The third-order valence-electron chi connectivity index (χ3n) is 5.13. The van der Waals surface area contributed by atoms with E-state index >= 15 is 0 Å². The lowest BCUT2D eigenvalue weighted by molar-refractivity contribution is -0.137. The molecule has 0 saturated carbocycles. The van der Waals surface area contributed by atoms with Gasteiger partial charge in [-0.3, -0.25) is 4.79 Å². The molecule has 0 aromatic heterocycles. The summed E-state index contributed by atoms with van der Waals surface area (Å²) in [5, 5.41) is 17.0. The van der Waals surface area contributed by atoms with Crippen LogP contribution in [0.4, 0.5) is 0 Å². The van der Waals surface area contributed by atoms with E-state index in [1.165, 1.54) is 83.5 Å². The Morgan fingerprint density at radius 2 is 0.862 bits per heavy atom. The van der Waals surface area contributed by atoms with Gasteiger partial charge in [-0.05, 0) is 19.3 Å². The second-order valence-electron chi connectivity index (χ2n) is 8.11. The molecule has 0 aromatic carbocycles. The molecule has 0 spiro atoms. The summed E-state index contributed by atoms with van der Waals surface area (Å²) >= 11 is 0. The number of carboxylic acid groups (broad SMARTS) is 2. The van der Waals surface area contributed by atoms with Gasteiger partial charge in [-0.1, -0.05) is 117 Å². The third kappa shape index (κ3) is 29.0. The number of hydrogen-bond donors (Lipinski definition) is 2. The van der Waals surface area contributed by atoms with Gasteiger partial charge in [0.05, 0.1) is 0 Å². The molecule has 0 aromatic rings. The van der Waals surface area contributed by atoms with Crippen molar-refractivity contribution in [2.75, 3.05) is 0 Å². The molecule has 29 heavy (non-hydrogen) atoms. The highest BCUT2D eigenvalue weighted by Crippen LogP contribution is 2.12. The lowest BCUT2D eigenvalue weighted by atomic mass is 10.1. The fourth-order valence-corrected chi connectivity index (χ4v) is 3.17. The van der Waals surface area contributed by atoms with Gasteiger partial charge in [-0.25, -0.2) is 4.79 Å². The molecule has 0 unspecified atom stereocenters. The number of carboxylic acids is 2. The predicted molar refractivity (Wildman–Crippen MR) is 123 cm³/mol. The SMILES string of the molecule is C=C(CCCCCCCCCC)C(=O)O.CCCCCCCCCCCC(=O)O. The molecule has 0 heterocycles. The van der Waals surface area contributed by atoms with Crippen molar-refractivity contribution in [3.8, 4) is 0 Å². The summed E-state index contributed by atoms with van der Waals surface area (Å²) in [5.74, 6) is -1.51. The number of carbonyl (C=O) groups is 2. The molecule has 0 aliphatic heterocycles. The summed E-state index contributed by atoms with van der Waals surface area (Å²) in [7, 11) is 0. The van der Waals surface area contributed by atoms with Gasteiger partial charge < -0.3 is 10.2 Å². The van der Waals surface area contributed by atoms with Crippen molar-refractivity contribution in [2.24, 2.45) is 0 Å². The Labute approximate surface area is 180 Å². The molecule has 172 valence electrons. The molecule has 2 N–H and O–H groups in total. The number of unbranched alkanes of at least 4 members (excludes halogenated alkanes) is 15. The molecule has 0 atom stereocenters. The standard InChI is InChI=1S/C13H24O2.C12H24O2/c1-3-4-5-6-7-8-9-10-11-12(2)13(14)15;1-2-3-4-5-6-7-8-9-10-11-12(13)14/h2-11H2,1H3,(H,14,15);2-11H2,1H3,(H,13,14). The smallest absolute Gasteiger partial charge is 0.330 e. The summed E-state index contributed by atoms with van der Waals surface area (Å²) in [6.45, 7) is 7.96. The van der Waals surface area contributed by atoms with Crippen LogP contribution in [0.2, 0.25) is 0 Å². The first kappa shape index (κ1) is 29.9. The molecule has 0 fully saturated rings. The molecule has 0 aliphatic rings. The molecule has 0 radical (unpaired) electrons. The van der Waals surface area contributed by atoms with Crippen molar-refractivity contribution < 1.29 is 19.8 Å². The maximum Gasteiger partial charge on any atom is 0.330 e. The second kappa shape index (κ2) is 24.7. The minimum Gasteiger partial charge on any atom is -0.481 e. The van der Waals surface area contributed by atoms with Gasteiger partial charge in [0.25, 0.3) is 0 Å². The van der Waals surface area contributed by atoms with E-state index in [4.69, 9.17) is 10.2 Å². The second-order valence-corrected chi connectivity index (χ2v) is 8.11. The van der Waals surface area contributed by atoms with Crippen LogP contribution in [0, 0.1) is 0 Å². The molecule has 0 rings (SSSR count). The monoisotopic (exact) mass is 412 g/mol. The Balaban J connectivity index is 0. The molecule has 0 amide bonds. The van der Waals surface area contributed by atoms with Gasteiger partial charge in [0.1, 0.15) is 0 Å². The molecular weight excluding hydrogens is 364 g/mol. The maximum atomic E-state index is 10.4. The number of hydrogen-bond acceptors (Lipinski definition) is 2. The van der Waals surface area contributed by atoms with Gasteiger partial charge in [0.15, 0.2) is 0 Å². The van der Waals surface area contributed by atoms with Crippen LogP contribution in [0.15, 0.2) is 12.2 Å². The van der Waals surface area contributed by atoms with Gasteiger partial charge in [0, 0.05) is 12.0 Å². The Kier molecular flexibility index (Phi) is 25.5. The van der Waals surface area contributed by atoms with Crippen LogP contribution in [0.25, 0.3) is 0 Å². The summed E-state index contributed by atoms with van der Waals surface area (Å²) in [5.41, 5.74) is 0.348. The summed E-state index contributed by atoms with van der Waals surface area (Å²) in [4.78, 5) is 20.6. The molecule has 0 bridgehead atoms. The predicted octanol–water partition coefficient (Wildman–Crippen LogP) is 8.15. The molecule has 4 heteroatoms. The quantitative estimate of drug-likeness (QED) is 0.156. The van der Waals surface area contributed by atoms with Gasteiger partial charge in [-0.2, -0.15) is 0 Å². The Bertz CT molecular complexity index is 390. The van der Waals surface area contributed by atoms with Crippen molar-refractivity contribution in [1.29, 1.82) is 0 Å². The lowest BCUT2D eigenvalue weighted by Gasteiger charge is -2.01. The van der Waals surface area contributed by atoms with E-state index in [2.05, 4.69) is 20.4 Å². The van der Waals surface area contributed by atoms with Gasteiger partial charge in [0.2, 0.25) is 0 Å². The molecular formula is C25H48O4. The van der Waals surface area contributed by atoms with Crippen molar-refractivity contribution >= 4 is 11.9 Å². The van der Waals surface area contributed by atoms with E-state index in [9.17, 15) is 9.59 Å². The first-order valence-electron chi connectivity index (χ1n) is 12.1. The number of aliphatic carboxylic acids is 2. The summed E-state index contributed by atoms with van der Waals surface area (Å²) in [6.07, 6.45) is 22.1. The highest BCUT2D eigenvalue weighted by Gasteiger charge is 2.02. The van der Waals surface area contributed by atoms with Crippen LogP contribution in [0.3, 0.4) is 0 Å². The fourth-order valence-electron chi connectivity index (χ4n) is 3.17. The topological polar surface area (TPSA) is 74.6 Å². The van der Waals surface area contributed by atoms with Crippen LogP contribution < -0.4 is 0 Å². The first-order valence-corrected chi connectivity index (χ1v) is 12.1. The van der Waals surface area contributed by atoms with E-state index in [0.29, 0.717) is 18.4 Å². The van der Waals surface area contributed by atoms with E-state index in [0.717, 1.165) is 25.7 Å². The fraction of sp³-hybridized carbons (Fsp3) is 0.840. The van der Waals surface area contributed by atoms with E-state index in [1.807, 2.05) is 0 Å². The van der Waals surface area contributed by atoms with Crippen molar-refractivity contribution in [1.82, 2.24) is 0 Å². The highest BCUT2D eigenvalue weighted by molar-refractivity contribution is 5.85. The molecule has 4 nitrogen and oxygen atoms in total. The highest BCUT2D eigenvalue weighted by atomic mass is 16.4. The Hall–Kier alpha value is -1.32. The van der Waals surface area contributed by atoms with Crippen LogP contribution in [-0.4, -0.2) is 22.2 Å². The Morgan fingerprint density at radius 3 is 1.17 bits per heavy atom. The summed E-state index contributed by atoms with van der Waals surface area (Å²) < 4.78 is 0. The zero-order valence-electron chi connectivity index (χ0n) is 19.4. The van der Waals surface area contributed by atoms with Crippen LogP contribution in [-0.2, 0) is 9.59 Å². The maximum absolute atomic E-state index is 10.4. The summed E-state index contributed by atoms with van der Waals surface area (Å²) in [6, 6.07) is 0. The van der Waals surface area contributed by atoms with Crippen LogP contribution >= 0.6 is 0 Å². The lowest BCUT2D eigenvalue weighted by Crippen LogP contribution is -1.98. The van der Waals surface area contributed by atoms with Crippen molar-refractivity contribution in [3.63, 3.8) is 0 Å². The first-order chi connectivity index (χ1) is 14.0. The third-order valence-corrected chi connectivity index (χ3v) is 5.13. The van der Waals surface area contributed by atoms with E-state index in [1.54, 1.807) is 0 Å².